The molecule has 3 aromatic carbocycles. The molecule has 126 heavy (non-hydrogen) atoms. The topological polar surface area (TPSA) is 446 Å². The zero-order valence-corrected chi connectivity index (χ0v) is 76.0. The van der Waals surface area contributed by atoms with E-state index < -0.39 is 29.3 Å². The average Bonchev–Trinajstić information content (AvgIpc) is 1.59. The van der Waals surface area contributed by atoms with Gasteiger partial charge in [0, 0.05) is 110 Å². The Hall–Kier alpha value is -9.58. The summed E-state index contributed by atoms with van der Waals surface area (Å²) in [5.74, 6) is 2.12. The van der Waals surface area contributed by atoms with Crippen molar-refractivity contribution in [2.24, 2.45) is 35.5 Å². The van der Waals surface area contributed by atoms with Crippen molar-refractivity contribution >= 4 is 125 Å². The number of nitrogens with zero attached hydrogens (tertiary/aromatic N) is 13. The first-order valence-electron chi connectivity index (χ1n) is 44.2. The van der Waals surface area contributed by atoms with Gasteiger partial charge in [0.05, 0.1) is 86.4 Å². The van der Waals surface area contributed by atoms with E-state index in [2.05, 4.69) is 108 Å². The molecule has 0 unspecified atom stereocenters. The molecule has 0 bridgehead atoms. The van der Waals surface area contributed by atoms with Crippen LogP contribution in [-0.4, -0.2) is 209 Å². The number of carboxylic acid groups (broad SMARTS) is 2. The number of nitrogens with two attached hydrogens (primary N) is 6. The summed E-state index contributed by atoms with van der Waals surface area (Å²) in [5, 5.41) is 23.3. The fourth-order valence-electron chi connectivity index (χ4n) is 20.8. The molecule has 10 aromatic rings. The molecule has 10 heterocycles. The van der Waals surface area contributed by atoms with Crippen molar-refractivity contribution in [3.8, 4) is 0 Å². The number of benzene rings is 3. The smallest absolute Gasteiger partial charge is 0.303 e. The molecule has 7 aromatic heterocycles. The van der Waals surface area contributed by atoms with Crippen molar-refractivity contribution < 1.29 is 53.0 Å². The van der Waals surface area contributed by atoms with Crippen molar-refractivity contribution in [2.75, 3.05) is 80.5 Å². The number of anilines is 7. The number of hydrogen-bond donors (Lipinski definition) is 10. The summed E-state index contributed by atoms with van der Waals surface area (Å²) < 4.78 is 45.2. The van der Waals surface area contributed by atoms with Gasteiger partial charge in [-0.15, -0.1) is 0 Å². The van der Waals surface area contributed by atoms with E-state index in [9.17, 15) is 9.59 Å². The van der Waals surface area contributed by atoms with Crippen molar-refractivity contribution in [3.05, 3.63) is 131 Å². The van der Waals surface area contributed by atoms with Gasteiger partial charge in [-0.3, -0.25) is 14.4 Å². The molecule has 3 aliphatic heterocycles. The molecule has 19 rings (SSSR count). The van der Waals surface area contributed by atoms with Gasteiger partial charge in [-0.2, -0.15) is 0 Å². The standard InChI is InChI=1S/C30H38ClN7O2.C30H41N7O3.C23H33N5O4.C7H9ClN2.C2H4O2/c1-16-9-22-23(13-21(16)31)36-25(35-22)6-5-17-10-19(11-17)37(4)14-18-12-24(27-26(18)39-30(2,3)40-27)38-8-7-20-28(32)33-15-34-29(20)38;1-17-5-7-23(22(31)11-17)35-25(38)8-6-18-12-20(13-18)36(4)15-19-14-24(27-26(19)39-30(2,3)40-27)37-10-9-21-28(32)33-16-34-29(21)37;1-23(2)31-19-14(11-27(3)15-8-13(9-15)4-5-18(29)30)10-17(20(19)32-23)28-7-6-16-21(24)25-12-26-22(16)28;1-4-2-6(9)7(10)3-5(4)8;1-2(3)4/h7-9,13,15,17-19,24,26-27H,5-6,10-12,14H2,1-4H3,(H,35,36)(H2,32,33,34);5,7,9-11,16,18-20,24,26-27H,6,8,12-15,31H2,1-4H3,(H,35,38)(H2,32,33,34);6-7,12-15,17,19-20H,4-5,8-11H2,1-3H3,(H,29,30)(H2,24,25,26);2-3H,9-10H2,1H3;1H3,(H,3,4)/t17?,18-,19?,24-,26-,27+;18?,19-,20?,24-,26-,27+;13?,14-,15?,17-,19-,20+;;/m111../s1. The average molecular weight is 1770 g/mol. The fraction of sp³-hybridized carbons (Fsp3) is 0.565. The lowest BCUT2D eigenvalue weighted by molar-refractivity contribution is -0.161. The number of aromatic nitrogens is 11. The molecular weight excluding hydrogens is 1650 g/mol. The molecule has 9 aliphatic rings. The van der Waals surface area contributed by atoms with Gasteiger partial charge < -0.3 is 112 Å². The number of aromatic amines is 1. The van der Waals surface area contributed by atoms with Crippen LogP contribution in [0.5, 0.6) is 0 Å². The number of halogens is 2. The molecule has 6 aliphatic carbocycles. The number of amides is 1. The SMILES string of the molecule is CC(=O)O.CN(C[C@H]1C[C@@H](n2ccc3c(N)ncnc32)[C@@H]2OC(C)(C)O[C@H]12)C1CC(CCC(=O)O)C1.Cc1cc(N)c(N)cc1Cl.Cc1cc2[nH]c(CCC3CC(N(C)C[C@H]4C[C@@H](n5ccc6c(N)ncnc65)[C@@H]5OC(C)(C)O[C@H]45)C3)nc2cc1Cl.Cc1ccc(NC(=O)CCC2CC(N(C)C[C@H]3C[C@@H](n4ccc5c(N)ncnc54)[C@@H]4OC(C)(C)O[C@H]34)C2)c(N)c1. The van der Waals surface area contributed by atoms with Crippen molar-refractivity contribution in [1.29, 1.82) is 0 Å². The molecule has 678 valence electrons. The Morgan fingerprint density at radius 3 is 1.26 bits per heavy atom. The van der Waals surface area contributed by atoms with Crippen LogP contribution in [-0.2, 0) is 49.2 Å². The zero-order chi connectivity index (χ0) is 89.9. The number of imidazole rings is 1. The number of carbonyl (C=O) groups is 3. The third kappa shape index (κ3) is 20.3. The first-order chi connectivity index (χ1) is 59.8. The Kier molecular flexibility index (Phi) is 27.0. The largest absolute Gasteiger partial charge is 0.481 e. The van der Waals surface area contributed by atoms with Gasteiger partial charge in [-0.1, -0.05) is 29.3 Å². The van der Waals surface area contributed by atoms with Gasteiger partial charge in [0.15, 0.2) is 17.4 Å². The Morgan fingerprint density at radius 2 is 0.865 bits per heavy atom. The van der Waals surface area contributed by atoms with Crippen molar-refractivity contribution in [1.82, 2.24) is 68.3 Å². The van der Waals surface area contributed by atoms with E-state index in [1.165, 1.54) is 25.5 Å². The molecule has 0 spiro atoms. The number of rotatable bonds is 22. The highest BCUT2D eigenvalue weighted by molar-refractivity contribution is 6.32. The molecule has 6 saturated carbocycles. The number of ether oxygens (including phenoxy) is 6. The summed E-state index contributed by atoms with van der Waals surface area (Å²) in [6.07, 6.45) is 25.1. The third-order valence-corrected chi connectivity index (χ3v) is 28.2. The summed E-state index contributed by atoms with van der Waals surface area (Å²) in [6, 6.07) is 21.2. The molecular formula is C92H125Cl2N21O11. The van der Waals surface area contributed by atoms with Gasteiger partial charge >= 0.3 is 5.97 Å². The normalized spacial score (nSPS) is 28.0. The number of fused-ring (bicyclic) bond motifs is 7. The second-order valence-corrected chi connectivity index (χ2v) is 38.8. The summed E-state index contributed by atoms with van der Waals surface area (Å²) >= 11 is 12.0. The summed E-state index contributed by atoms with van der Waals surface area (Å²) in [5.41, 5.74) is 45.4. The number of nitrogens with one attached hydrogen (secondary N) is 2. The first kappa shape index (κ1) is 91.2. The lowest BCUT2D eigenvalue weighted by Gasteiger charge is -2.42. The lowest BCUT2D eigenvalue weighted by Crippen LogP contribution is -2.46. The van der Waals surface area contributed by atoms with E-state index in [0.29, 0.717) is 99.4 Å². The lowest BCUT2D eigenvalue weighted by atomic mass is 9.76. The number of carbonyl (C=O) groups excluding carboxylic acids is 1. The molecule has 12 atom stereocenters. The Labute approximate surface area is 745 Å². The minimum atomic E-state index is -0.833. The van der Waals surface area contributed by atoms with Gasteiger partial charge in [-0.25, -0.2) is 34.9 Å². The first-order valence-corrected chi connectivity index (χ1v) is 45.0. The van der Waals surface area contributed by atoms with E-state index in [1.54, 1.807) is 18.5 Å². The van der Waals surface area contributed by atoms with Crippen LogP contribution in [0.15, 0.2) is 98.2 Å². The van der Waals surface area contributed by atoms with Gasteiger partial charge in [-0.05, 0) is 250 Å². The van der Waals surface area contributed by atoms with E-state index in [1.807, 2.05) is 111 Å². The van der Waals surface area contributed by atoms with E-state index >= 15 is 0 Å². The van der Waals surface area contributed by atoms with Gasteiger partial charge in [0.25, 0.3) is 5.97 Å². The molecule has 9 fully saturated rings. The second kappa shape index (κ2) is 37.2. The maximum atomic E-state index is 12.5. The number of carboxylic acids is 2. The zero-order valence-electron chi connectivity index (χ0n) is 74.5. The molecule has 34 heteroatoms. The second-order valence-electron chi connectivity index (χ2n) is 38.0. The summed E-state index contributed by atoms with van der Waals surface area (Å²) in [7, 11) is 6.67. The summed E-state index contributed by atoms with van der Waals surface area (Å²) in [4.78, 5) is 74.0. The fourth-order valence-corrected chi connectivity index (χ4v) is 21.1. The van der Waals surface area contributed by atoms with Gasteiger partial charge in [0.2, 0.25) is 5.91 Å². The van der Waals surface area contributed by atoms with Crippen LogP contribution in [0.25, 0.3) is 44.1 Å². The maximum absolute atomic E-state index is 12.5. The quantitative estimate of drug-likeness (QED) is 0.0282. The Bertz CT molecular complexity index is 5470. The predicted molar refractivity (Wildman–Crippen MR) is 489 cm³/mol. The predicted octanol–water partition coefficient (Wildman–Crippen LogP) is 14.0. The van der Waals surface area contributed by atoms with E-state index in [4.69, 9.17) is 106 Å². The Balaban J connectivity index is 0.000000136. The highest BCUT2D eigenvalue weighted by Crippen LogP contribution is 2.53. The van der Waals surface area contributed by atoms with Crippen molar-refractivity contribution in [2.45, 2.75) is 256 Å². The van der Waals surface area contributed by atoms with Crippen LogP contribution in [0.4, 0.5) is 40.2 Å². The molecule has 16 N–H and O–H groups in total. The van der Waals surface area contributed by atoms with Crippen molar-refractivity contribution in [3.63, 3.8) is 0 Å². The van der Waals surface area contributed by atoms with Crippen LogP contribution < -0.4 is 39.7 Å². The molecule has 0 radical (unpaired) electrons. The number of H-pyrrole nitrogens is 1. The molecule has 32 nitrogen and oxygen atoms in total. The minimum Gasteiger partial charge on any atom is -0.481 e. The van der Waals surface area contributed by atoms with E-state index in [-0.39, 0.29) is 67.1 Å². The van der Waals surface area contributed by atoms with Gasteiger partial charge in [0.1, 0.15) is 77.5 Å². The monoisotopic (exact) mass is 1770 g/mol. The Morgan fingerprint density at radius 1 is 0.492 bits per heavy atom. The number of aliphatic carboxylic acids is 2. The van der Waals surface area contributed by atoms with Crippen LogP contribution in [0.3, 0.4) is 0 Å². The maximum Gasteiger partial charge on any atom is 0.303 e. The van der Waals surface area contributed by atoms with Crippen LogP contribution in [0.1, 0.15) is 179 Å². The number of nitrogen functional groups attached to an aromatic ring is 6. The van der Waals surface area contributed by atoms with Crippen LogP contribution in [0, 0.1) is 56.3 Å². The van der Waals surface area contributed by atoms with Crippen LogP contribution >= 0.6 is 23.2 Å². The molecule has 1 amide bonds. The third-order valence-electron chi connectivity index (χ3n) is 27.4. The minimum absolute atomic E-state index is 0.0168. The number of hydrogen-bond acceptors (Lipinski definition) is 25. The highest BCUT2D eigenvalue weighted by atomic mass is 35.5. The van der Waals surface area contributed by atoms with Crippen LogP contribution in [0.2, 0.25) is 10.0 Å². The van der Waals surface area contributed by atoms with E-state index in [0.717, 1.165) is 175 Å². The number of aryl methyl sites for hydroxylation is 4. The molecule has 3 saturated heterocycles. The summed E-state index contributed by atoms with van der Waals surface area (Å²) in [6.45, 7) is 21.9. The highest BCUT2D eigenvalue weighted by Gasteiger charge is 2.58.